The normalized spacial score (nSPS) is 16.0. The Morgan fingerprint density at radius 3 is 2.83 bits per heavy atom. The zero-order valence-corrected chi connectivity index (χ0v) is 14.0. The monoisotopic (exact) mass is 311 g/mol. The molecule has 1 saturated heterocycles. The van der Waals surface area contributed by atoms with Crippen molar-refractivity contribution in [1.29, 1.82) is 5.26 Å². The Balaban J connectivity index is 1.84. The molecule has 0 aromatic heterocycles. The van der Waals surface area contributed by atoms with E-state index in [1.54, 1.807) is 11.1 Å². The smallest absolute Gasteiger partial charge is 0.265 e. The van der Waals surface area contributed by atoms with E-state index in [1.165, 1.54) is 11.1 Å². The fraction of sp³-hybridized carbons (Fsp3) is 0.474. The third kappa shape index (κ3) is 5.14. The minimum absolute atomic E-state index is 0.151. The van der Waals surface area contributed by atoms with Crippen molar-refractivity contribution in [3.05, 3.63) is 47.2 Å². The highest BCUT2D eigenvalue weighted by atomic mass is 16.2. The minimum atomic E-state index is -0.151. The quantitative estimate of drug-likeness (QED) is 0.517. The molecule has 1 heterocycles. The van der Waals surface area contributed by atoms with Gasteiger partial charge in [-0.15, -0.1) is 0 Å². The number of benzene rings is 1. The van der Waals surface area contributed by atoms with Crippen molar-refractivity contribution in [2.45, 2.75) is 33.1 Å². The third-order valence-electron chi connectivity index (χ3n) is 4.31. The summed E-state index contributed by atoms with van der Waals surface area (Å²) in [4.78, 5) is 14.1. The molecule has 0 atom stereocenters. The van der Waals surface area contributed by atoms with Gasteiger partial charge in [-0.2, -0.15) is 5.26 Å². The predicted octanol–water partition coefficient (Wildman–Crippen LogP) is 2.79. The first-order chi connectivity index (χ1) is 11.1. The number of carbonyl (C=O) groups is 1. The van der Waals surface area contributed by atoms with E-state index >= 15 is 0 Å². The molecule has 0 unspecified atom stereocenters. The lowest BCUT2D eigenvalue weighted by atomic mass is 9.99. The van der Waals surface area contributed by atoms with Crippen LogP contribution in [0.5, 0.6) is 0 Å². The molecule has 0 bridgehead atoms. The van der Waals surface area contributed by atoms with Gasteiger partial charge in [0.2, 0.25) is 0 Å². The van der Waals surface area contributed by atoms with Crippen LogP contribution >= 0.6 is 0 Å². The highest BCUT2D eigenvalue weighted by molar-refractivity contribution is 5.97. The Labute approximate surface area is 138 Å². The standard InChI is InChI=1S/C19H25N3O/c1-15-7-10-22(11-8-15)19(23)18(13-20)14-21-9-6-17-5-3-4-16(2)12-17/h3-5,12,14-15,21H,6-11H2,1-2H3/b18-14-. The summed E-state index contributed by atoms with van der Waals surface area (Å²) in [6.45, 7) is 6.49. The Morgan fingerprint density at radius 1 is 1.43 bits per heavy atom. The molecule has 4 nitrogen and oxygen atoms in total. The number of likely N-dealkylation sites (tertiary alicyclic amines) is 1. The van der Waals surface area contributed by atoms with Crippen LogP contribution in [0.1, 0.15) is 30.9 Å². The van der Waals surface area contributed by atoms with E-state index < -0.39 is 0 Å². The third-order valence-corrected chi connectivity index (χ3v) is 4.31. The summed E-state index contributed by atoms with van der Waals surface area (Å²) in [5, 5.41) is 12.3. The van der Waals surface area contributed by atoms with Gasteiger partial charge in [0.15, 0.2) is 0 Å². The summed E-state index contributed by atoms with van der Waals surface area (Å²) in [7, 11) is 0. The number of carbonyl (C=O) groups excluding carboxylic acids is 1. The average molecular weight is 311 g/mol. The Bertz CT molecular complexity index is 607. The number of rotatable bonds is 5. The minimum Gasteiger partial charge on any atom is -0.389 e. The van der Waals surface area contributed by atoms with Gasteiger partial charge < -0.3 is 10.2 Å². The molecule has 1 aromatic rings. The van der Waals surface area contributed by atoms with Gasteiger partial charge in [0.25, 0.3) is 5.91 Å². The van der Waals surface area contributed by atoms with Gasteiger partial charge >= 0.3 is 0 Å². The van der Waals surface area contributed by atoms with Crippen LogP contribution in [0.3, 0.4) is 0 Å². The van der Waals surface area contributed by atoms with Crippen molar-refractivity contribution >= 4 is 5.91 Å². The second-order valence-corrected chi connectivity index (χ2v) is 6.34. The molecule has 1 aliphatic heterocycles. The van der Waals surface area contributed by atoms with E-state index in [2.05, 4.69) is 37.4 Å². The maximum Gasteiger partial charge on any atom is 0.265 e. The second-order valence-electron chi connectivity index (χ2n) is 6.34. The van der Waals surface area contributed by atoms with E-state index in [1.807, 2.05) is 12.1 Å². The molecule has 0 spiro atoms. The summed E-state index contributed by atoms with van der Waals surface area (Å²) in [6.07, 6.45) is 4.47. The van der Waals surface area contributed by atoms with Crippen LogP contribution in [0.25, 0.3) is 0 Å². The summed E-state index contributed by atoms with van der Waals surface area (Å²) in [5.74, 6) is 0.517. The maximum absolute atomic E-state index is 12.3. The van der Waals surface area contributed by atoms with Gasteiger partial charge in [-0.25, -0.2) is 0 Å². The van der Waals surface area contributed by atoms with Gasteiger partial charge in [-0.05, 0) is 37.7 Å². The number of nitrogens with one attached hydrogen (secondary N) is 1. The lowest BCUT2D eigenvalue weighted by Crippen LogP contribution is -2.38. The largest absolute Gasteiger partial charge is 0.389 e. The number of aryl methyl sites for hydroxylation is 1. The van der Waals surface area contributed by atoms with Crippen LogP contribution < -0.4 is 5.32 Å². The van der Waals surface area contributed by atoms with E-state index in [4.69, 9.17) is 0 Å². The topological polar surface area (TPSA) is 56.1 Å². The number of amides is 1. The Morgan fingerprint density at radius 2 is 2.17 bits per heavy atom. The molecule has 0 radical (unpaired) electrons. The molecule has 2 rings (SSSR count). The SMILES string of the molecule is Cc1cccc(CCN/C=C(/C#N)C(=O)N2CCC(C)CC2)c1. The van der Waals surface area contributed by atoms with Gasteiger partial charge in [0, 0.05) is 25.8 Å². The Kier molecular flexibility index (Phi) is 6.22. The lowest BCUT2D eigenvalue weighted by molar-refractivity contribution is -0.128. The summed E-state index contributed by atoms with van der Waals surface area (Å²) in [6, 6.07) is 10.4. The highest BCUT2D eigenvalue weighted by Gasteiger charge is 2.22. The molecule has 1 N–H and O–H groups in total. The van der Waals surface area contributed by atoms with Gasteiger partial charge in [0.1, 0.15) is 11.6 Å². The molecule has 122 valence electrons. The first-order valence-corrected chi connectivity index (χ1v) is 8.28. The highest BCUT2D eigenvalue weighted by Crippen LogP contribution is 2.17. The molecule has 0 aliphatic carbocycles. The average Bonchev–Trinajstić information content (AvgIpc) is 2.55. The van der Waals surface area contributed by atoms with Gasteiger partial charge in [-0.1, -0.05) is 36.8 Å². The second kappa shape index (κ2) is 8.38. The molecular weight excluding hydrogens is 286 g/mol. The van der Waals surface area contributed by atoms with Crippen molar-refractivity contribution in [2.24, 2.45) is 5.92 Å². The predicted molar refractivity (Wildman–Crippen MR) is 91.6 cm³/mol. The molecule has 1 amide bonds. The zero-order valence-electron chi connectivity index (χ0n) is 14.0. The summed E-state index contributed by atoms with van der Waals surface area (Å²) in [5.41, 5.74) is 2.69. The fourth-order valence-corrected chi connectivity index (χ4v) is 2.78. The van der Waals surface area contributed by atoms with Crippen LogP contribution in [0.4, 0.5) is 0 Å². The van der Waals surface area contributed by atoms with Gasteiger partial charge in [-0.3, -0.25) is 4.79 Å². The molecule has 4 heteroatoms. The number of piperidine rings is 1. The number of hydrogen-bond donors (Lipinski definition) is 1. The van der Waals surface area contributed by atoms with Crippen LogP contribution in [-0.2, 0) is 11.2 Å². The summed E-state index contributed by atoms with van der Waals surface area (Å²) < 4.78 is 0. The molecule has 23 heavy (non-hydrogen) atoms. The zero-order chi connectivity index (χ0) is 16.7. The molecule has 1 aromatic carbocycles. The van der Waals surface area contributed by atoms with Crippen LogP contribution in [-0.4, -0.2) is 30.4 Å². The first kappa shape index (κ1) is 17.1. The van der Waals surface area contributed by atoms with E-state index in [0.29, 0.717) is 12.5 Å². The fourth-order valence-electron chi connectivity index (χ4n) is 2.78. The lowest BCUT2D eigenvalue weighted by Gasteiger charge is -2.30. The molecule has 1 fully saturated rings. The van der Waals surface area contributed by atoms with Crippen molar-refractivity contribution < 1.29 is 4.79 Å². The first-order valence-electron chi connectivity index (χ1n) is 8.28. The number of nitrogens with zero attached hydrogens (tertiary/aromatic N) is 2. The molecule has 1 aliphatic rings. The number of hydrogen-bond acceptors (Lipinski definition) is 3. The molecule has 0 saturated carbocycles. The van der Waals surface area contributed by atoms with Crippen molar-refractivity contribution in [2.75, 3.05) is 19.6 Å². The van der Waals surface area contributed by atoms with Crippen molar-refractivity contribution in [3.63, 3.8) is 0 Å². The van der Waals surface area contributed by atoms with E-state index in [-0.39, 0.29) is 11.5 Å². The van der Waals surface area contributed by atoms with Crippen molar-refractivity contribution in [3.8, 4) is 6.07 Å². The van der Waals surface area contributed by atoms with Crippen LogP contribution in [0.2, 0.25) is 0 Å². The summed E-state index contributed by atoms with van der Waals surface area (Å²) >= 11 is 0. The molecular formula is C19H25N3O. The number of nitriles is 1. The maximum atomic E-state index is 12.3. The van der Waals surface area contributed by atoms with Crippen LogP contribution in [0, 0.1) is 24.2 Å². The van der Waals surface area contributed by atoms with E-state index in [9.17, 15) is 10.1 Å². The van der Waals surface area contributed by atoms with E-state index in [0.717, 1.165) is 32.4 Å². The Hall–Kier alpha value is -2.28. The van der Waals surface area contributed by atoms with Crippen molar-refractivity contribution in [1.82, 2.24) is 10.2 Å². The van der Waals surface area contributed by atoms with Crippen LogP contribution in [0.15, 0.2) is 36.0 Å². The van der Waals surface area contributed by atoms with Gasteiger partial charge in [0.05, 0.1) is 0 Å².